The zero-order valence-corrected chi connectivity index (χ0v) is 23.3. The maximum absolute atomic E-state index is 14.4. The summed E-state index contributed by atoms with van der Waals surface area (Å²) in [6, 6.07) is 14.0. The number of fused-ring (bicyclic) bond motifs is 1. The number of allylic oxidation sites excluding steroid dienone is 1. The van der Waals surface area contributed by atoms with Gasteiger partial charge in [0.25, 0.3) is 0 Å². The summed E-state index contributed by atoms with van der Waals surface area (Å²) in [5.74, 6) is 0.744. The van der Waals surface area contributed by atoms with Crippen LogP contribution in [0, 0.1) is 11.2 Å². The minimum atomic E-state index is -0.638. The minimum absolute atomic E-state index is 0.148. The Bertz CT molecular complexity index is 1430. The molecule has 1 amide bonds. The Labute approximate surface area is 240 Å². The quantitative estimate of drug-likeness (QED) is 0.185. The topological polar surface area (TPSA) is 104 Å². The second kappa shape index (κ2) is 13.4. The molecule has 9 heteroatoms. The van der Waals surface area contributed by atoms with Crippen LogP contribution < -0.4 is 16.0 Å². The molecule has 1 unspecified atom stereocenters. The Balaban J connectivity index is 1.33. The maximum Gasteiger partial charge on any atom is 0.249 e. The number of aromatic nitrogens is 2. The van der Waals surface area contributed by atoms with Gasteiger partial charge in [0, 0.05) is 44.0 Å². The van der Waals surface area contributed by atoms with Crippen molar-refractivity contribution in [3.8, 4) is 0 Å². The van der Waals surface area contributed by atoms with Crippen molar-refractivity contribution in [3.63, 3.8) is 0 Å². The van der Waals surface area contributed by atoms with Crippen LogP contribution in [0.1, 0.15) is 71.5 Å². The zero-order valence-electron chi connectivity index (χ0n) is 23.3. The SMILES string of the molecule is CN/C=C(\C=N)c1cc(F)cc(CNC(=O)C2NC=Cc3nc(C4CCCC4)n(CCOCc4ccccc4)c32)c1. The number of nitrogens with one attached hydrogen (secondary N) is 4. The minimum Gasteiger partial charge on any atom is -0.393 e. The molecule has 1 aliphatic carbocycles. The lowest BCUT2D eigenvalue weighted by Gasteiger charge is -2.24. The first-order valence-electron chi connectivity index (χ1n) is 14.2. The lowest BCUT2D eigenvalue weighted by atomic mass is 10.0. The monoisotopic (exact) mass is 556 g/mol. The number of ether oxygens (including phenoxy) is 1. The summed E-state index contributed by atoms with van der Waals surface area (Å²) in [4.78, 5) is 18.6. The zero-order chi connectivity index (χ0) is 28.6. The molecule has 0 spiro atoms. The molecule has 214 valence electrons. The molecule has 1 saturated carbocycles. The van der Waals surface area contributed by atoms with Crippen molar-refractivity contribution < 1.29 is 13.9 Å². The Kier molecular flexibility index (Phi) is 9.26. The Hall–Kier alpha value is -4.24. The molecule has 1 fully saturated rings. The molecule has 2 aliphatic rings. The van der Waals surface area contributed by atoms with Crippen molar-refractivity contribution in [1.29, 1.82) is 5.41 Å². The molecule has 0 radical (unpaired) electrons. The summed E-state index contributed by atoms with van der Waals surface area (Å²) in [5.41, 5.74) is 4.47. The Morgan fingerprint density at radius 1 is 1.20 bits per heavy atom. The summed E-state index contributed by atoms with van der Waals surface area (Å²) in [7, 11) is 1.72. The molecule has 1 atom stereocenters. The van der Waals surface area contributed by atoms with Crippen LogP contribution in [0.3, 0.4) is 0 Å². The van der Waals surface area contributed by atoms with Gasteiger partial charge < -0.3 is 30.7 Å². The highest BCUT2D eigenvalue weighted by atomic mass is 19.1. The van der Waals surface area contributed by atoms with Crippen LogP contribution in [0.2, 0.25) is 0 Å². The van der Waals surface area contributed by atoms with E-state index in [0.29, 0.717) is 42.4 Å². The fourth-order valence-corrected chi connectivity index (χ4v) is 5.66. The lowest BCUT2D eigenvalue weighted by molar-refractivity contribution is -0.123. The largest absolute Gasteiger partial charge is 0.393 e. The van der Waals surface area contributed by atoms with E-state index in [4.69, 9.17) is 15.1 Å². The van der Waals surface area contributed by atoms with E-state index in [-0.39, 0.29) is 12.5 Å². The van der Waals surface area contributed by atoms with Gasteiger partial charge in [0.15, 0.2) is 0 Å². The van der Waals surface area contributed by atoms with E-state index in [1.54, 1.807) is 25.5 Å². The van der Waals surface area contributed by atoms with Gasteiger partial charge in [-0.3, -0.25) is 4.79 Å². The van der Waals surface area contributed by atoms with Gasteiger partial charge in [0.05, 0.1) is 24.6 Å². The average molecular weight is 557 g/mol. The third-order valence-electron chi connectivity index (χ3n) is 7.61. The number of carbonyl (C=O) groups excluding carboxylic acids is 1. The molecule has 3 aromatic rings. The van der Waals surface area contributed by atoms with Crippen LogP contribution in [0.15, 0.2) is 60.9 Å². The van der Waals surface area contributed by atoms with Gasteiger partial charge in [-0.2, -0.15) is 0 Å². The van der Waals surface area contributed by atoms with E-state index in [0.717, 1.165) is 35.6 Å². The number of carbonyl (C=O) groups is 1. The average Bonchev–Trinajstić information content (AvgIpc) is 3.65. The highest BCUT2D eigenvalue weighted by molar-refractivity contribution is 6.08. The number of halogens is 1. The highest BCUT2D eigenvalue weighted by Gasteiger charge is 2.33. The molecule has 2 heterocycles. The molecule has 41 heavy (non-hydrogen) atoms. The van der Waals surface area contributed by atoms with Crippen LogP contribution >= 0.6 is 0 Å². The number of benzene rings is 2. The van der Waals surface area contributed by atoms with Crippen molar-refractivity contribution in [1.82, 2.24) is 25.5 Å². The molecular formula is C32H37FN6O2. The number of amides is 1. The molecule has 0 bridgehead atoms. The predicted octanol–water partition coefficient (Wildman–Crippen LogP) is 5.04. The van der Waals surface area contributed by atoms with Crippen LogP contribution in [0.25, 0.3) is 11.6 Å². The van der Waals surface area contributed by atoms with E-state index < -0.39 is 11.9 Å². The van der Waals surface area contributed by atoms with E-state index in [1.807, 2.05) is 36.4 Å². The van der Waals surface area contributed by atoms with E-state index >= 15 is 0 Å². The second-order valence-corrected chi connectivity index (χ2v) is 10.4. The normalized spacial score (nSPS) is 16.7. The number of imidazole rings is 1. The van der Waals surface area contributed by atoms with Crippen molar-refractivity contribution in [2.45, 2.75) is 57.3 Å². The van der Waals surface area contributed by atoms with Crippen LogP contribution in [0.4, 0.5) is 4.39 Å². The van der Waals surface area contributed by atoms with Gasteiger partial charge in [0.2, 0.25) is 5.91 Å². The number of hydrogen-bond donors (Lipinski definition) is 4. The van der Waals surface area contributed by atoms with Gasteiger partial charge >= 0.3 is 0 Å². The fraction of sp³-hybridized carbons (Fsp3) is 0.344. The van der Waals surface area contributed by atoms with Gasteiger partial charge in [-0.25, -0.2) is 9.37 Å². The van der Waals surface area contributed by atoms with Gasteiger partial charge in [-0.15, -0.1) is 0 Å². The molecule has 0 saturated heterocycles. The summed E-state index contributed by atoms with van der Waals surface area (Å²) in [6.45, 7) is 1.77. The molecule has 5 rings (SSSR count). The Morgan fingerprint density at radius 3 is 2.76 bits per heavy atom. The first-order valence-corrected chi connectivity index (χ1v) is 14.2. The third kappa shape index (κ3) is 6.74. The number of hydrogen-bond acceptors (Lipinski definition) is 6. The molecule has 1 aliphatic heterocycles. The van der Waals surface area contributed by atoms with E-state index in [9.17, 15) is 9.18 Å². The fourth-order valence-electron chi connectivity index (χ4n) is 5.66. The van der Waals surface area contributed by atoms with Crippen LogP contribution in [0.5, 0.6) is 0 Å². The van der Waals surface area contributed by atoms with Gasteiger partial charge in [0.1, 0.15) is 17.7 Å². The van der Waals surface area contributed by atoms with E-state index in [1.165, 1.54) is 31.2 Å². The smallest absolute Gasteiger partial charge is 0.249 e. The van der Waals surface area contributed by atoms with Crippen molar-refractivity contribution in [2.24, 2.45) is 0 Å². The third-order valence-corrected chi connectivity index (χ3v) is 7.61. The van der Waals surface area contributed by atoms with Crippen molar-refractivity contribution in [3.05, 3.63) is 101 Å². The highest BCUT2D eigenvalue weighted by Crippen LogP contribution is 2.37. The summed E-state index contributed by atoms with van der Waals surface area (Å²) >= 11 is 0. The summed E-state index contributed by atoms with van der Waals surface area (Å²) < 4.78 is 22.6. The number of nitrogens with zero attached hydrogens (tertiary/aromatic N) is 2. The maximum atomic E-state index is 14.4. The van der Waals surface area contributed by atoms with Crippen LogP contribution in [-0.2, 0) is 29.2 Å². The second-order valence-electron chi connectivity index (χ2n) is 10.4. The van der Waals surface area contributed by atoms with Crippen LogP contribution in [-0.4, -0.2) is 35.3 Å². The first kappa shape index (κ1) is 28.3. The van der Waals surface area contributed by atoms with Gasteiger partial charge in [-0.05, 0) is 60.0 Å². The lowest BCUT2D eigenvalue weighted by Crippen LogP contribution is -2.38. The summed E-state index contributed by atoms with van der Waals surface area (Å²) in [5, 5.41) is 16.7. The van der Waals surface area contributed by atoms with Crippen molar-refractivity contribution >= 4 is 23.8 Å². The standard InChI is InChI=1S/C32H37FN6O2/c1-35-20-26(18-34)25-15-23(16-27(33)17-25)19-37-32(40)29-30-28(11-12-36-29)38-31(24-9-5-6-10-24)39(30)13-14-41-21-22-7-3-2-4-8-22/h2-4,7-8,11-12,15-18,20,24,29,34-36H,5-6,9-10,13-14,19,21H2,1H3,(H,37,40)/b26-20+,34-18?. The summed E-state index contributed by atoms with van der Waals surface area (Å²) in [6.07, 6.45) is 11.1. The predicted molar refractivity (Wildman–Crippen MR) is 159 cm³/mol. The molecule has 1 aromatic heterocycles. The van der Waals surface area contributed by atoms with Gasteiger partial charge in [-0.1, -0.05) is 43.2 Å². The number of rotatable bonds is 12. The first-order chi connectivity index (χ1) is 20.1. The molecule has 8 nitrogen and oxygen atoms in total. The Morgan fingerprint density at radius 2 is 2.00 bits per heavy atom. The molecular weight excluding hydrogens is 519 g/mol. The molecule has 4 N–H and O–H groups in total. The van der Waals surface area contributed by atoms with Crippen molar-refractivity contribution in [2.75, 3.05) is 13.7 Å². The molecule has 2 aromatic carbocycles. The van der Waals surface area contributed by atoms with E-state index in [2.05, 4.69) is 20.5 Å².